The quantitative estimate of drug-likeness (QED) is 0.733. The largest absolute Gasteiger partial charge is 0.349 e. The molecular formula is C7H12N2S2. The molecule has 0 aromatic carbocycles. The first-order valence-electron chi connectivity index (χ1n) is 3.67. The summed E-state index contributed by atoms with van der Waals surface area (Å²) in [6, 6.07) is 0. The highest BCUT2D eigenvalue weighted by molar-refractivity contribution is 7.83. The lowest BCUT2D eigenvalue weighted by Gasteiger charge is -2.16. The first kappa shape index (κ1) is 8.87. The lowest BCUT2D eigenvalue weighted by atomic mass is 10.6. The smallest absolute Gasteiger partial charge is 0.186 e. The number of rotatable bonds is 3. The van der Waals surface area contributed by atoms with E-state index in [1.165, 1.54) is 0 Å². The molecule has 4 heteroatoms. The zero-order valence-corrected chi connectivity index (χ0v) is 8.45. The first-order valence-corrected chi connectivity index (χ1v) is 4.94. The SMILES string of the molecule is CCN(CC)c1ncc(S)s1. The van der Waals surface area contributed by atoms with E-state index in [1.54, 1.807) is 17.5 Å². The van der Waals surface area contributed by atoms with Crippen molar-refractivity contribution in [1.82, 2.24) is 4.98 Å². The summed E-state index contributed by atoms with van der Waals surface area (Å²) in [5.41, 5.74) is 0. The van der Waals surface area contributed by atoms with E-state index < -0.39 is 0 Å². The maximum atomic E-state index is 4.23. The van der Waals surface area contributed by atoms with Crippen molar-refractivity contribution >= 4 is 29.1 Å². The molecule has 1 aromatic rings. The molecule has 0 unspecified atom stereocenters. The summed E-state index contributed by atoms with van der Waals surface area (Å²) in [5, 5.41) is 1.07. The summed E-state index contributed by atoms with van der Waals surface area (Å²) < 4.78 is 0.979. The fraction of sp³-hybridized carbons (Fsp3) is 0.571. The van der Waals surface area contributed by atoms with E-state index in [2.05, 4.69) is 36.4 Å². The third-order valence-corrected chi connectivity index (χ3v) is 2.77. The molecule has 0 spiro atoms. The van der Waals surface area contributed by atoms with Crippen LogP contribution < -0.4 is 4.90 Å². The second kappa shape index (κ2) is 3.97. The van der Waals surface area contributed by atoms with Gasteiger partial charge in [0.2, 0.25) is 0 Å². The molecule has 0 fully saturated rings. The molecule has 1 rings (SSSR count). The van der Waals surface area contributed by atoms with Crippen LogP contribution in [0.15, 0.2) is 10.4 Å². The average molecular weight is 188 g/mol. The molecule has 1 heterocycles. The lowest BCUT2D eigenvalue weighted by molar-refractivity contribution is 0.860. The van der Waals surface area contributed by atoms with Crippen molar-refractivity contribution in [2.45, 2.75) is 18.1 Å². The molecule has 0 aliphatic heterocycles. The van der Waals surface area contributed by atoms with Crippen LogP contribution in [-0.4, -0.2) is 18.1 Å². The number of thiazole rings is 1. The summed E-state index contributed by atoms with van der Waals surface area (Å²) in [5.74, 6) is 0. The van der Waals surface area contributed by atoms with Crippen LogP contribution in [0.1, 0.15) is 13.8 Å². The fourth-order valence-electron chi connectivity index (χ4n) is 0.897. The van der Waals surface area contributed by atoms with Crippen molar-refractivity contribution in [3.05, 3.63) is 6.20 Å². The number of hydrogen-bond donors (Lipinski definition) is 1. The Hall–Kier alpha value is -0.220. The molecule has 11 heavy (non-hydrogen) atoms. The van der Waals surface area contributed by atoms with Gasteiger partial charge in [-0.3, -0.25) is 0 Å². The maximum absolute atomic E-state index is 4.23. The minimum absolute atomic E-state index is 0.979. The summed E-state index contributed by atoms with van der Waals surface area (Å²) >= 11 is 5.83. The van der Waals surface area contributed by atoms with Crippen LogP contribution >= 0.6 is 24.0 Å². The number of hydrogen-bond acceptors (Lipinski definition) is 4. The zero-order chi connectivity index (χ0) is 8.27. The van der Waals surface area contributed by atoms with E-state index in [0.717, 1.165) is 22.4 Å². The number of nitrogens with zero attached hydrogens (tertiary/aromatic N) is 2. The highest BCUT2D eigenvalue weighted by Crippen LogP contribution is 2.24. The summed E-state index contributed by atoms with van der Waals surface area (Å²) in [7, 11) is 0. The van der Waals surface area contributed by atoms with Gasteiger partial charge in [-0.1, -0.05) is 11.3 Å². The maximum Gasteiger partial charge on any atom is 0.186 e. The van der Waals surface area contributed by atoms with E-state index in [-0.39, 0.29) is 0 Å². The number of anilines is 1. The number of thiol groups is 1. The Morgan fingerprint density at radius 1 is 1.55 bits per heavy atom. The molecule has 0 bridgehead atoms. The van der Waals surface area contributed by atoms with Gasteiger partial charge in [0.25, 0.3) is 0 Å². The van der Waals surface area contributed by atoms with Gasteiger partial charge in [0.05, 0.1) is 10.4 Å². The molecule has 62 valence electrons. The Labute approximate surface area is 76.7 Å². The minimum atomic E-state index is 0.979. The van der Waals surface area contributed by atoms with Gasteiger partial charge in [0.1, 0.15) is 0 Å². The van der Waals surface area contributed by atoms with E-state index in [0.29, 0.717) is 0 Å². The van der Waals surface area contributed by atoms with Crippen molar-refractivity contribution in [2.75, 3.05) is 18.0 Å². The molecule has 1 aromatic heterocycles. The van der Waals surface area contributed by atoms with Gasteiger partial charge in [-0.2, -0.15) is 0 Å². The molecule has 0 radical (unpaired) electrons. The van der Waals surface area contributed by atoms with E-state index in [9.17, 15) is 0 Å². The Morgan fingerprint density at radius 2 is 2.18 bits per heavy atom. The summed E-state index contributed by atoms with van der Waals surface area (Å²) in [6.07, 6.45) is 1.79. The van der Waals surface area contributed by atoms with Crippen molar-refractivity contribution in [3.8, 4) is 0 Å². The van der Waals surface area contributed by atoms with Crippen LogP contribution in [0.3, 0.4) is 0 Å². The molecule has 2 nitrogen and oxygen atoms in total. The van der Waals surface area contributed by atoms with Gasteiger partial charge < -0.3 is 4.90 Å². The van der Waals surface area contributed by atoms with E-state index >= 15 is 0 Å². The van der Waals surface area contributed by atoms with Gasteiger partial charge in [-0.05, 0) is 13.8 Å². The monoisotopic (exact) mass is 188 g/mol. The molecule has 0 N–H and O–H groups in total. The average Bonchev–Trinajstić information content (AvgIpc) is 2.39. The van der Waals surface area contributed by atoms with Gasteiger partial charge in [-0.25, -0.2) is 4.98 Å². The van der Waals surface area contributed by atoms with Gasteiger partial charge in [-0.15, -0.1) is 12.6 Å². The second-order valence-electron chi connectivity index (χ2n) is 2.15. The predicted octanol–water partition coefficient (Wildman–Crippen LogP) is 2.28. The van der Waals surface area contributed by atoms with Crippen LogP contribution in [0.5, 0.6) is 0 Å². The van der Waals surface area contributed by atoms with Crippen molar-refractivity contribution < 1.29 is 0 Å². The van der Waals surface area contributed by atoms with Crippen LogP contribution in [0.25, 0.3) is 0 Å². The van der Waals surface area contributed by atoms with Crippen molar-refractivity contribution in [3.63, 3.8) is 0 Å². The van der Waals surface area contributed by atoms with Crippen LogP contribution in [0.4, 0.5) is 5.13 Å². The number of aromatic nitrogens is 1. The summed E-state index contributed by atoms with van der Waals surface area (Å²) in [6.45, 7) is 6.28. The van der Waals surface area contributed by atoms with E-state index in [1.807, 2.05) is 0 Å². The van der Waals surface area contributed by atoms with Crippen LogP contribution in [0.2, 0.25) is 0 Å². The van der Waals surface area contributed by atoms with Gasteiger partial charge >= 0.3 is 0 Å². The van der Waals surface area contributed by atoms with Gasteiger partial charge in [0, 0.05) is 13.1 Å². The minimum Gasteiger partial charge on any atom is -0.349 e. The topological polar surface area (TPSA) is 16.1 Å². The van der Waals surface area contributed by atoms with E-state index in [4.69, 9.17) is 0 Å². The van der Waals surface area contributed by atoms with Crippen LogP contribution in [-0.2, 0) is 0 Å². The lowest BCUT2D eigenvalue weighted by Crippen LogP contribution is -2.21. The van der Waals surface area contributed by atoms with Crippen LogP contribution in [0, 0.1) is 0 Å². The molecule has 0 aliphatic rings. The highest BCUT2D eigenvalue weighted by Gasteiger charge is 2.04. The Morgan fingerprint density at radius 3 is 2.55 bits per heavy atom. The first-order chi connectivity index (χ1) is 5.27. The van der Waals surface area contributed by atoms with Crippen molar-refractivity contribution in [2.24, 2.45) is 0 Å². The third-order valence-electron chi connectivity index (χ3n) is 1.52. The molecule has 0 aliphatic carbocycles. The predicted molar refractivity (Wildman–Crippen MR) is 52.9 cm³/mol. The Bertz CT molecular complexity index is 218. The van der Waals surface area contributed by atoms with Gasteiger partial charge in [0.15, 0.2) is 5.13 Å². The Kier molecular flexibility index (Phi) is 3.20. The second-order valence-corrected chi connectivity index (χ2v) is 3.95. The highest BCUT2D eigenvalue weighted by atomic mass is 32.2. The molecule has 0 atom stereocenters. The zero-order valence-electron chi connectivity index (χ0n) is 6.74. The third kappa shape index (κ3) is 2.10. The molecule has 0 saturated heterocycles. The molecule has 0 saturated carbocycles. The Balaban J connectivity index is 2.73. The summed E-state index contributed by atoms with van der Waals surface area (Å²) in [4.78, 5) is 6.44. The van der Waals surface area contributed by atoms with Crippen molar-refractivity contribution in [1.29, 1.82) is 0 Å². The standard InChI is InChI=1S/C7H12N2S2/c1-3-9(4-2)7-8-5-6(10)11-7/h5,10H,3-4H2,1-2H3. The fourth-order valence-corrected chi connectivity index (χ4v) is 1.98. The molecular weight excluding hydrogens is 176 g/mol. The molecule has 0 amide bonds. The normalized spacial score (nSPS) is 10.1.